The van der Waals surface area contributed by atoms with Crippen molar-refractivity contribution in [3.05, 3.63) is 47.0 Å². The molecule has 2 aliphatic rings. The van der Waals surface area contributed by atoms with Crippen molar-refractivity contribution >= 4 is 0 Å². The molecule has 0 aliphatic heterocycles. The van der Waals surface area contributed by atoms with Crippen molar-refractivity contribution in [3.63, 3.8) is 0 Å². The monoisotopic (exact) mass is 227 g/mol. The molecule has 0 saturated heterocycles. The van der Waals surface area contributed by atoms with Gasteiger partial charge in [-0.3, -0.25) is 0 Å². The first-order valence-corrected chi connectivity index (χ1v) is 6.86. The van der Waals surface area contributed by atoms with E-state index in [1.54, 1.807) is 0 Å². The standard InChI is InChI=1S/C16H21N/c17-16(13-6-2-3-7-13)15-10-9-12-5-1-4-8-14(12)11-15/h1,4-6,8,15-16H,2-3,7,9-11,17H2. The number of rotatable bonds is 2. The molecule has 0 heterocycles. The van der Waals surface area contributed by atoms with Gasteiger partial charge in [0, 0.05) is 6.04 Å². The lowest BCUT2D eigenvalue weighted by atomic mass is 9.78. The van der Waals surface area contributed by atoms with Crippen LogP contribution in [0.3, 0.4) is 0 Å². The van der Waals surface area contributed by atoms with E-state index in [1.165, 1.54) is 55.2 Å². The van der Waals surface area contributed by atoms with Crippen LogP contribution >= 0.6 is 0 Å². The lowest BCUT2D eigenvalue weighted by molar-refractivity contribution is 0.402. The summed E-state index contributed by atoms with van der Waals surface area (Å²) in [7, 11) is 0. The van der Waals surface area contributed by atoms with E-state index in [0.717, 1.165) is 0 Å². The van der Waals surface area contributed by atoms with Crippen LogP contribution in [0.15, 0.2) is 35.9 Å². The van der Waals surface area contributed by atoms with Gasteiger partial charge in [-0.2, -0.15) is 0 Å². The number of nitrogens with two attached hydrogens (primary N) is 1. The van der Waals surface area contributed by atoms with Crippen LogP contribution in [0.1, 0.15) is 36.8 Å². The molecule has 0 spiro atoms. The largest absolute Gasteiger partial charge is 0.324 e. The molecule has 1 nitrogen and oxygen atoms in total. The Balaban J connectivity index is 1.75. The van der Waals surface area contributed by atoms with Gasteiger partial charge in [-0.15, -0.1) is 0 Å². The Labute approximate surface area is 104 Å². The summed E-state index contributed by atoms with van der Waals surface area (Å²) in [6.45, 7) is 0. The Kier molecular flexibility index (Phi) is 3.02. The van der Waals surface area contributed by atoms with Gasteiger partial charge in [0.05, 0.1) is 0 Å². The van der Waals surface area contributed by atoms with Gasteiger partial charge in [0.25, 0.3) is 0 Å². The van der Waals surface area contributed by atoms with Crippen molar-refractivity contribution in [3.8, 4) is 0 Å². The predicted molar refractivity (Wildman–Crippen MR) is 71.9 cm³/mol. The minimum Gasteiger partial charge on any atom is -0.324 e. The predicted octanol–water partition coefficient (Wildman–Crippen LogP) is 3.23. The van der Waals surface area contributed by atoms with Crippen molar-refractivity contribution in [1.82, 2.24) is 0 Å². The Morgan fingerprint density at radius 1 is 1.12 bits per heavy atom. The summed E-state index contributed by atoms with van der Waals surface area (Å²) in [5.41, 5.74) is 11.0. The van der Waals surface area contributed by atoms with E-state index in [9.17, 15) is 0 Å². The molecule has 0 radical (unpaired) electrons. The molecular formula is C16H21N. The first kappa shape index (κ1) is 11.0. The lowest BCUT2D eigenvalue weighted by Crippen LogP contribution is -2.35. The summed E-state index contributed by atoms with van der Waals surface area (Å²) < 4.78 is 0. The van der Waals surface area contributed by atoms with Gasteiger partial charge in [-0.05, 0) is 55.6 Å². The van der Waals surface area contributed by atoms with E-state index in [2.05, 4.69) is 30.3 Å². The van der Waals surface area contributed by atoms with Gasteiger partial charge in [0.15, 0.2) is 0 Å². The number of benzene rings is 1. The van der Waals surface area contributed by atoms with E-state index in [4.69, 9.17) is 5.73 Å². The number of hydrogen-bond donors (Lipinski definition) is 1. The van der Waals surface area contributed by atoms with Crippen LogP contribution in [0.5, 0.6) is 0 Å². The number of allylic oxidation sites excluding steroid dienone is 1. The normalized spacial score (nSPS) is 25.2. The number of aryl methyl sites for hydroxylation is 1. The van der Waals surface area contributed by atoms with E-state index < -0.39 is 0 Å². The van der Waals surface area contributed by atoms with Crippen LogP contribution in [0.4, 0.5) is 0 Å². The fraction of sp³-hybridized carbons (Fsp3) is 0.500. The maximum atomic E-state index is 6.44. The van der Waals surface area contributed by atoms with Crippen molar-refractivity contribution in [1.29, 1.82) is 0 Å². The molecule has 1 aromatic carbocycles. The van der Waals surface area contributed by atoms with E-state index >= 15 is 0 Å². The second kappa shape index (κ2) is 4.66. The Morgan fingerprint density at radius 2 is 1.94 bits per heavy atom. The van der Waals surface area contributed by atoms with E-state index in [1.807, 2.05) is 0 Å². The molecule has 2 unspecified atom stereocenters. The highest BCUT2D eigenvalue weighted by Gasteiger charge is 2.26. The van der Waals surface area contributed by atoms with Gasteiger partial charge in [-0.25, -0.2) is 0 Å². The summed E-state index contributed by atoms with van der Waals surface area (Å²) in [6, 6.07) is 9.16. The minimum absolute atomic E-state index is 0.311. The Morgan fingerprint density at radius 3 is 2.71 bits per heavy atom. The topological polar surface area (TPSA) is 26.0 Å². The third-order valence-electron chi connectivity index (χ3n) is 4.40. The highest BCUT2D eigenvalue weighted by molar-refractivity contribution is 5.31. The summed E-state index contributed by atoms with van der Waals surface area (Å²) >= 11 is 0. The van der Waals surface area contributed by atoms with Gasteiger partial charge in [0.2, 0.25) is 0 Å². The summed E-state index contributed by atoms with van der Waals surface area (Å²) in [4.78, 5) is 0. The molecule has 0 aromatic heterocycles. The van der Waals surface area contributed by atoms with E-state index in [0.29, 0.717) is 12.0 Å². The zero-order valence-electron chi connectivity index (χ0n) is 10.4. The molecule has 0 saturated carbocycles. The van der Waals surface area contributed by atoms with Crippen LogP contribution in [0.25, 0.3) is 0 Å². The van der Waals surface area contributed by atoms with Crippen LogP contribution in [0.2, 0.25) is 0 Å². The number of fused-ring (bicyclic) bond motifs is 1. The highest BCUT2D eigenvalue weighted by Crippen LogP contribution is 2.32. The zero-order chi connectivity index (χ0) is 11.7. The van der Waals surface area contributed by atoms with E-state index in [-0.39, 0.29) is 0 Å². The average Bonchev–Trinajstić information content (AvgIpc) is 2.91. The van der Waals surface area contributed by atoms with Crippen LogP contribution in [0, 0.1) is 5.92 Å². The molecule has 1 heteroatoms. The van der Waals surface area contributed by atoms with Crippen LogP contribution < -0.4 is 5.73 Å². The molecular weight excluding hydrogens is 206 g/mol. The Hall–Kier alpha value is -1.08. The summed E-state index contributed by atoms with van der Waals surface area (Å²) in [6.07, 6.45) is 9.81. The molecule has 0 bridgehead atoms. The molecule has 2 atom stereocenters. The van der Waals surface area contributed by atoms with Crippen LogP contribution in [-0.2, 0) is 12.8 Å². The summed E-state index contributed by atoms with van der Waals surface area (Å²) in [5.74, 6) is 0.661. The second-order valence-electron chi connectivity index (χ2n) is 5.47. The quantitative estimate of drug-likeness (QED) is 0.771. The Bertz CT molecular complexity index is 433. The zero-order valence-corrected chi connectivity index (χ0v) is 10.4. The van der Waals surface area contributed by atoms with Gasteiger partial charge >= 0.3 is 0 Å². The van der Waals surface area contributed by atoms with Crippen LogP contribution in [-0.4, -0.2) is 6.04 Å². The summed E-state index contributed by atoms with van der Waals surface area (Å²) in [5, 5.41) is 0. The first-order chi connectivity index (χ1) is 8.34. The van der Waals surface area contributed by atoms with Gasteiger partial charge < -0.3 is 5.73 Å². The molecule has 1 aromatic rings. The third kappa shape index (κ3) is 2.16. The maximum absolute atomic E-state index is 6.44. The van der Waals surface area contributed by atoms with Crippen molar-refractivity contribution in [2.24, 2.45) is 11.7 Å². The van der Waals surface area contributed by atoms with Crippen molar-refractivity contribution in [2.75, 3.05) is 0 Å². The fourth-order valence-electron chi connectivity index (χ4n) is 3.33. The molecule has 17 heavy (non-hydrogen) atoms. The van der Waals surface area contributed by atoms with Gasteiger partial charge in [-0.1, -0.05) is 35.9 Å². The number of hydrogen-bond acceptors (Lipinski definition) is 1. The SMILES string of the molecule is NC(C1=CCCC1)C1CCc2ccccc2C1. The molecule has 0 amide bonds. The molecule has 0 fully saturated rings. The fourth-order valence-corrected chi connectivity index (χ4v) is 3.33. The molecule has 90 valence electrons. The maximum Gasteiger partial charge on any atom is 0.0285 e. The van der Waals surface area contributed by atoms with Gasteiger partial charge in [0.1, 0.15) is 0 Å². The highest BCUT2D eigenvalue weighted by atomic mass is 14.7. The average molecular weight is 227 g/mol. The second-order valence-corrected chi connectivity index (χ2v) is 5.47. The molecule has 3 rings (SSSR count). The first-order valence-electron chi connectivity index (χ1n) is 6.86. The third-order valence-corrected chi connectivity index (χ3v) is 4.40. The molecule has 2 aliphatic carbocycles. The lowest BCUT2D eigenvalue weighted by Gasteiger charge is -2.30. The van der Waals surface area contributed by atoms with Crippen molar-refractivity contribution < 1.29 is 0 Å². The smallest absolute Gasteiger partial charge is 0.0285 e. The molecule has 2 N–H and O–H groups in total. The minimum atomic E-state index is 0.311. The van der Waals surface area contributed by atoms with Crippen molar-refractivity contribution in [2.45, 2.75) is 44.6 Å².